The van der Waals surface area contributed by atoms with Crippen LogP contribution in [0.2, 0.25) is 0 Å². The van der Waals surface area contributed by atoms with Crippen LogP contribution in [-0.2, 0) is 16.8 Å². The van der Waals surface area contributed by atoms with E-state index in [2.05, 4.69) is 13.5 Å². The van der Waals surface area contributed by atoms with E-state index < -0.39 is 10.2 Å². The summed E-state index contributed by atoms with van der Waals surface area (Å²) in [5, 5.41) is 0. The fraction of sp³-hybridized carbons (Fsp3) is 0.455. The Hall–Kier alpha value is -1.09. The van der Waals surface area contributed by atoms with Gasteiger partial charge in [0.1, 0.15) is 11.0 Å². The summed E-state index contributed by atoms with van der Waals surface area (Å²) < 4.78 is 36.3. The van der Waals surface area contributed by atoms with Crippen molar-refractivity contribution in [3.05, 3.63) is 23.8 Å². The highest BCUT2D eigenvalue weighted by atomic mass is 32.2. The molecular weight excluding hydrogens is 284 g/mol. The Morgan fingerprint density at radius 2 is 2.00 bits per heavy atom. The second-order valence-corrected chi connectivity index (χ2v) is 6.24. The van der Waals surface area contributed by atoms with E-state index in [-0.39, 0.29) is 6.54 Å². The molecule has 6 nitrogen and oxygen atoms in total. The molecular formula is C11H16N4O2S2. The van der Waals surface area contributed by atoms with E-state index in [0.29, 0.717) is 13.1 Å². The van der Waals surface area contributed by atoms with Gasteiger partial charge in [-0.25, -0.2) is 0 Å². The fourth-order valence-corrected chi connectivity index (χ4v) is 3.60. The van der Waals surface area contributed by atoms with Crippen molar-refractivity contribution >= 4 is 33.0 Å². The molecule has 0 aliphatic rings. The van der Waals surface area contributed by atoms with Crippen molar-refractivity contribution in [3.63, 3.8) is 0 Å². The van der Waals surface area contributed by atoms with Crippen LogP contribution in [0.1, 0.15) is 19.4 Å². The number of aromatic nitrogens is 2. The van der Waals surface area contributed by atoms with Crippen LogP contribution >= 0.6 is 11.7 Å². The topological polar surface area (TPSA) is 75.2 Å². The van der Waals surface area contributed by atoms with Crippen molar-refractivity contribution < 1.29 is 8.42 Å². The molecule has 0 spiro atoms. The molecule has 8 heteroatoms. The molecule has 19 heavy (non-hydrogen) atoms. The number of benzene rings is 1. The molecule has 1 heterocycles. The van der Waals surface area contributed by atoms with E-state index in [1.165, 1.54) is 4.31 Å². The van der Waals surface area contributed by atoms with Gasteiger partial charge in [0.2, 0.25) is 0 Å². The van der Waals surface area contributed by atoms with Gasteiger partial charge in [-0.15, -0.1) is 0 Å². The number of nitrogens with one attached hydrogen (secondary N) is 1. The van der Waals surface area contributed by atoms with Crippen molar-refractivity contribution in [3.8, 4) is 0 Å². The van der Waals surface area contributed by atoms with E-state index in [9.17, 15) is 8.42 Å². The molecule has 0 amide bonds. The zero-order valence-electron chi connectivity index (χ0n) is 10.8. The van der Waals surface area contributed by atoms with Crippen LogP contribution in [-0.4, -0.2) is 34.6 Å². The average molecular weight is 300 g/mol. The summed E-state index contributed by atoms with van der Waals surface area (Å²) >= 11 is 1.13. The molecule has 1 N–H and O–H groups in total. The summed E-state index contributed by atoms with van der Waals surface area (Å²) in [6.07, 6.45) is 0. The Morgan fingerprint density at radius 1 is 1.26 bits per heavy atom. The lowest BCUT2D eigenvalue weighted by atomic mass is 10.2. The molecule has 0 aliphatic carbocycles. The number of rotatable bonds is 6. The van der Waals surface area contributed by atoms with Crippen molar-refractivity contribution in [2.24, 2.45) is 0 Å². The molecule has 0 unspecified atom stereocenters. The minimum Gasteiger partial charge on any atom is -0.198 e. The maximum Gasteiger partial charge on any atom is 0.279 e. The summed E-state index contributed by atoms with van der Waals surface area (Å²) in [5.74, 6) is 0. The Balaban J connectivity index is 2.17. The van der Waals surface area contributed by atoms with Crippen LogP contribution in [0.25, 0.3) is 11.0 Å². The SMILES string of the molecule is CCN(CC)S(=O)(=O)NCc1cccc2nsnc12. The molecule has 2 rings (SSSR count). The highest BCUT2D eigenvalue weighted by Gasteiger charge is 2.18. The van der Waals surface area contributed by atoms with Gasteiger partial charge in [-0.05, 0) is 11.6 Å². The van der Waals surface area contributed by atoms with Crippen LogP contribution in [0, 0.1) is 0 Å². The standard InChI is InChI=1S/C11H16N4O2S2/c1-3-15(4-2)19(16,17)12-8-9-6-5-7-10-11(9)14-18-13-10/h5-7,12H,3-4,8H2,1-2H3. The molecule has 2 aromatic rings. The van der Waals surface area contributed by atoms with E-state index in [1.807, 2.05) is 32.0 Å². The third-order valence-corrected chi connectivity index (χ3v) is 5.11. The Bertz CT molecular complexity index is 650. The van der Waals surface area contributed by atoms with Gasteiger partial charge in [-0.3, -0.25) is 0 Å². The average Bonchev–Trinajstić information content (AvgIpc) is 2.86. The summed E-state index contributed by atoms with van der Waals surface area (Å²) in [6.45, 7) is 4.76. The monoisotopic (exact) mass is 300 g/mol. The van der Waals surface area contributed by atoms with Crippen LogP contribution in [0.15, 0.2) is 18.2 Å². The lowest BCUT2D eigenvalue weighted by Gasteiger charge is -2.18. The first-order valence-electron chi connectivity index (χ1n) is 6.03. The van der Waals surface area contributed by atoms with Gasteiger partial charge in [0.15, 0.2) is 0 Å². The number of fused-ring (bicyclic) bond motifs is 1. The molecule has 0 fully saturated rings. The Morgan fingerprint density at radius 3 is 2.68 bits per heavy atom. The second-order valence-electron chi connectivity index (χ2n) is 3.96. The predicted molar refractivity (Wildman–Crippen MR) is 76.1 cm³/mol. The van der Waals surface area contributed by atoms with E-state index in [4.69, 9.17) is 0 Å². The van der Waals surface area contributed by atoms with Crippen molar-refractivity contribution in [2.75, 3.05) is 13.1 Å². The summed E-state index contributed by atoms with van der Waals surface area (Å²) in [6, 6.07) is 5.57. The van der Waals surface area contributed by atoms with Crippen LogP contribution in [0.5, 0.6) is 0 Å². The zero-order valence-corrected chi connectivity index (χ0v) is 12.5. The maximum absolute atomic E-state index is 12.0. The highest BCUT2D eigenvalue weighted by Crippen LogP contribution is 2.16. The van der Waals surface area contributed by atoms with Crippen molar-refractivity contribution in [1.29, 1.82) is 0 Å². The number of nitrogens with zero attached hydrogens (tertiary/aromatic N) is 3. The highest BCUT2D eigenvalue weighted by molar-refractivity contribution is 7.87. The van der Waals surface area contributed by atoms with Gasteiger partial charge in [0.05, 0.1) is 11.7 Å². The zero-order chi connectivity index (χ0) is 13.9. The van der Waals surface area contributed by atoms with Crippen molar-refractivity contribution in [2.45, 2.75) is 20.4 Å². The first-order chi connectivity index (χ1) is 9.08. The van der Waals surface area contributed by atoms with E-state index in [1.54, 1.807) is 0 Å². The summed E-state index contributed by atoms with van der Waals surface area (Å²) in [7, 11) is -3.43. The number of hydrogen-bond acceptors (Lipinski definition) is 5. The van der Waals surface area contributed by atoms with Gasteiger partial charge in [-0.2, -0.15) is 26.2 Å². The third kappa shape index (κ3) is 3.08. The van der Waals surface area contributed by atoms with Gasteiger partial charge in [0.25, 0.3) is 10.2 Å². The van der Waals surface area contributed by atoms with Crippen molar-refractivity contribution in [1.82, 2.24) is 17.8 Å². The van der Waals surface area contributed by atoms with Gasteiger partial charge >= 0.3 is 0 Å². The van der Waals surface area contributed by atoms with Crippen LogP contribution in [0.3, 0.4) is 0 Å². The molecule has 104 valence electrons. The molecule has 0 aliphatic heterocycles. The Kier molecular flexibility index (Phi) is 4.46. The lowest BCUT2D eigenvalue weighted by molar-refractivity contribution is 0.435. The minimum absolute atomic E-state index is 0.224. The van der Waals surface area contributed by atoms with Crippen LogP contribution in [0.4, 0.5) is 0 Å². The number of hydrogen-bond donors (Lipinski definition) is 1. The quantitative estimate of drug-likeness (QED) is 0.874. The van der Waals surface area contributed by atoms with E-state index >= 15 is 0 Å². The van der Waals surface area contributed by atoms with E-state index in [0.717, 1.165) is 28.3 Å². The largest absolute Gasteiger partial charge is 0.279 e. The summed E-state index contributed by atoms with van der Waals surface area (Å²) in [4.78, 5) is 0. The lowest BCUT2D eigenvalue weighted by Crippen LogP contribution is -2.40. The Labute approximate surface area is 117 Å². The molecule has 1 aromatic carbocycles. The summed E-state index contributed by atoms with van der Waals surface area (Å²) in [5.41, 5.74) is 2.39. The minimum atomic E-state index is -3.43. The molecule has 0 bridgehead atoms. The molecule has 1 aromatic heterocycles. The van der Waals surface area contributed by atoms with Gasteiger partial charge in [-0.1, -0.05) is 26.0 Å². The maximum atomic E-state index is 12.0. The fourth-order valence-electron chi connectivity index (χ4n) is 1.83. The molecule has 0 saturated heterocycles. The molecule has 0 saturated carbocycles. The van der Waals surface area contributed by atoms with Crippen LogP contribution < -0.4 is 4.72 Å². The second kappa shape index (κ2) is 5.91. The molecule has 0 atom stereocenters. The first kappa shape index (κ1) is 14.3. The van der Waals surface area contributed by atoms with Gasteiger partial charge < -0.3 is 0 Å². The molecule has 0 radical (unpaired) electrons. The first-order valence-corrected chi connectivity index (χ1v) is 8.20. The van der Waals surface area contributed by atoms with Gasteiger partial charge in [0, 0.05) is 19.6 Å². The smallest absolute Gasteiger partial charge is 0.198 e. The third-order valence-electron chi connectivity index (χ3n) is 2.86. The predicted octanol–water partition coefficient (Wildman–Crippen LogP) is 1.37. The normalized spacial score (nSPS) is 12.4.